The molecular formula is C21H18N2O4. The summed E-state index contributed by atoms with van der Waals surface area (Å²) in [6, 6.07) is 7.44. The van der Waals surface area contributed by atoms with Crippen molar-refractivity contribution in [2.24, 2.45) is 5.41 Å². The monoisotopic (exact) mass is 362 g/mol. The lowest BCUT2D eigenvalue weighted by atomic mass is 10.0. The van der Waals surface area contributed by atoms with E-state index in [4.69, 9.17) is 9.72 Å². The Morgan fingerprint density at radius 3 is 3.04 bits per heavy atom. The molecule has 0 amide bonds. The molecule has 2 aromatic rings. The number of methoxy groups -OCH3 is 1. The van der Waals surface area contributed by atoms with Gasteiger partial charge in [-0.2, -0.15) is 0 Å². The predicted molar refractivity (Wildman–Crippen MR) is 100 cm³/mol. The Hall–Kier alpha value is -3.15. The minimum atomic E-state index is -0.926. The molecule has 1 N–H and O–H groups in total. The van der Waals surface area contributed by atoms with Gasteiger partial charge in [0.15, 0.2) is 0 Å². The molecule has 6 nitrogen and oxygen atoms in total. The van der Waals surface area contributed by atoms with Crippen LogP contribution >= 0.6 is 0 Å². The normalized spacial score (nSPS) is 25.7. The van der Waals surface area contributed by atoms with Gasteiger partial charge in [-0.3, -0.25) is 14.2 Å². The van der Waals surface area contributed by atoms with Crippen molar-refractivity contribution in [2.45, 2.75) is 25.3 Å². The molecule has 2 unspecified atom stereocenters. The van der Waals surface area contributed by atoms with Gasteiger partial charge in [-0.05, 0) is 54.7 Å². The van der Waals surface area contributed by atoms with Crippen LogP contribution in [0.25, 0.3) is 17.7 Å². The summed E-state index contributed by atoms with van der Waals surface area (Å²) in [7, 11) is 1.63. The van der Waals surface area contributed by atoms with Crippen LogP contribution in [0.3, 0.4) is 0 Å². The van der Waals surface area contributed by atoms with E-state index in [0.29, 0.717) is 24.2 Å². The molecule has 2 atom stereocenters. The first-order chi connectivity index (χ1) is 13.0. The van der Waals surface area contributed by atoms with Gasteiger partial charge in [0.2, 0.25) is 0 Å². The number of carboxylic acids is 1. The highest BCUT2D eigenvalue weighted by molar-refractivity contribution is 5.86. The second kappa shape index (κ2) is 5.42. The molecule has 2 aliphatic carbocycles. The van der Waals surface area contributed by atoms with Crippen LogP contribution in [0.15, 0.2) is 35.1 Å². The van der Waals surface area contributed by atoms with Gasteiger partial charge in [0.1, 0.15) is 17.0 Å². The number of carboxylic acid groups (broad SMARTS) is 1. The maximum atomic E-state index is 13.1. The van der Waals surface area contributed by atoms with E-state index in [-0.39, 0.29) is 11.6 Å². The van der Waals surface area contributed by atoms with Gasteiger partial charge in [0.25, 0.3) is 5.56 Å². The third-order valence-corrected chi connectivity index (χ3v) is 5.82. The number of benzene rings is 1. The Labute approximate surface area is 155 Å². The fourth-order valence-electron chi connectivity index (χ4n) is 4.23. The molecule has 136 valence electrons. The summed E-state index contributed by atoms with van der Waals surface area (Å²) in [5.74, 6) is 0.458. The highest BCUT2D eigenvalue weighted by atomic mass is 16.5. The van der Waals surface area contributed by atoms with Crippen LogP contribution in [-0.4, -0.2) is 27.7 Å². The third-order valence-electron chi connectivity index (χ3n) is 5.82. The molecule has 1 aliphatic heterocycles. The van der Waals surface area contributed by atoms with Gasteiger partial charge < -0.3 is 9.84 Å². The minimum absolute atomic E-state index is 0.0958. The van der Waals surface area contributed by atoms with Crippen LogP contribution in [-0.2, 0) is 11.2 Å². The predicted octanol–water partition coefficient (Wildman–Crippen LogP) is 2.78. The number of carbonyl (C=O) groups is 1. The van der Waals surface area contributed by atoms with Crippen LogP contribution in [0.4, 0.5) is 0 Å². The van der Waals surface area contributed by atoms with E-state index in [9.17, 15) is 14.7 Å². The average Bonchev–Trinajstić information content (AvgIpc) is 3.31. The summed E-state index contributed by atoms with van der Waals surface area (Å²) >= 11 is 0. The third kappa shape index (κ3) is 2.22. The van der Waals surface area contributed by atoms with Crippen molar-refractivity contribution < 1.29 is 14.6 Å². The van der Waals surface area contributed by atoms with Crippen molar-refractivity contribution in [1.82, 2.24) is 9.55 Å². The fraction of sp³-hybridized carbons (Fsp3) is 0.286. The van der Waals surface area contributed by atoms with Crippen LogP contribution < -0.4 is 10.3 Å². The van der Waals surface area contributed by atoms with E-state index in [1.807, 2.05) is 30.3 Å². The van der Waals surface area contributed by atoms with Gasteiger partial charge in [0.05, 0.1) is 18.8 Å². The van der Waals surface area contributed by atoms with E-state index in [1.54, 1.807) is 23.8 Å². The fourth-order valence-corrected chi connectivity index (χ4v) is 4.23. The van der Waals surface area contributed by atoms with Gasteiger partial charge >= 0.3 is 5.97 Å². The van der Waals surface area contributed by atoms with Crippen LogP contribution in [0.2, 0.25) is 0 Å². The molecule has 27 heavy (non-hydrogen) atoms. The van der Waals surface area contributed by atoms with Crippen molar-refractivity contribution in [2.75, 3.05) is 7.11 Å². The first-order valence-electron chi connectivity index (χ1n) is 8.96. The van der Waals surface area contributed by atoms with Gasteiger partial charge in [0, 0.05) is 5.56 Å². The molecule has 0 spiro atoms. The molecule has 5 rings (SSSR count). The molecule has 1 fully saturated rings. The summed E-state index contributed by atoms with van der Waals surface area (Å²) in [6.45, 7) is 0. The summed E-state index contributed by atoms with van der Waals surface area (Å²) in [6.07, 6.45) is 7.25. The second-order valence-corrected chi connectivity index (χ2v) is 7.32. The molecule has 0 radical (unpaired) electrons. The molecule has 6 heteroatoms. The van der Waals surface area contributed by atoms with Gasteiger partial charge in [-0.1, -0.05) is 18.2 Å². The molecule has 2 heterocycles. The number of aliphatic carboxylic acids is 1. The molecule has 1 aromatic carbocycles. The van der Waals surface area contributed by atoms with E-state index < -0.39 is 11.4 Å². The van der Waals surface area contributed by atoms with Crippen molar-refractivity contribution in [1.29, 1.82) is 0 Å². The molecule has 1 saturated carbocycles. The highest BCUT2D eigenvalue weighted by Gasteiger charge is 2.62. The van der Waals surface area contributed by atoms with Gasteiger partial charge in [-0.15, -0.1) is 0 Å². The maximum Gasteiger partial charge on any atom is 0.315 e. The van der Waals surface area contributed by atoms with Crippen LogP contribution in [0.1, 0.15) is 41.5 Å². The zero-order valence-corrected chi connectivity index (χ0v) is 14.8. The highest BCUT2D eigenvalue weighted by Crippen LogP contribution is 2.59. The first-order valence-corrected chi connectivity index (χ1v) is 8.96. The molecular weight excluding hydrogens is 344 g/mol. The Morgan fingerprint density at radius 1 is 1.41 bits per heavy atom. The summed E-state index contributed by atoms with van der Waals surface area (Å²) in [5, 5.41) is 9.49. The van der Waals surface area contributed by atoms with Crippen molar-refractivity contribution in [3.63, 3.8) is 0 Å². The van der Waals surface area contributed by atoms with E-state index in [2.05, 4.69) is 0 Å². The van der Waals surface area contributed by atoms with E-state index >= 15 is 0 Å². The average molecular weight is 362 g/mol. The number of allylic oxidation sites excluding steroid dienone is 1. The molecule has 3 aliphatic rings. The lowest BCUT2D eigenvalue weighted by Crippen LogP contribution is -2.31. The lowest BCUT2D eigenvalue weighted by molar-refractivity contribution is -0.141. The molecule has 0 bridgehead atoms. The smallest absolute Gasteiger partial charge is 0.315 e. The number of ether oxygens (including phenoxy) is 1. The Kier molecular flexibility index (Phi) is 3.22. The van der Waals surface area contributed by atoms with Crippen molar-refractivity contribution in [3.8, 4) is 5.75 Å². The SMILES string of the molecule is COc1cccc(/C=C2/CCc3c2nc2n(c3=O)C3CC3(C(=O)O)C=C2)c1. The molecule has 1 aromatic heterocycles. The Bertz CT molecular complexity index is 1110. The largest absolute Gasteiger partial charge is 0.497 e. The quantitative estimate of drug-likeness (QED) is 0.908. The Morgan fingerprint density at radius 2 is 2.26 bits per heavy atom. The number of rotatable bonds is 3. The Balaban J connectivity index is 1.60. The summed E-state index contributed by atoms with van der Waals surface area (Å²) in [5.41, 5.74) is 2.43. The number of aromatic nitrogens is 2. The number of nitrogens with zero attached hydrogens (tertiary/aromatic N) is 2. The maximum absolute atomic E-state index is 13.1. The van der Waals surface area contributed by atoms with Crippen molar-refractivity contribution in [3.05, 3.63) is 63.3 Å². The van der Waals surface area contributed by atoms with Crippen molar-refractivity contribution >= 4 is 23.7 Å². The summed E-state index contributed by atoms with van der Waals surface area (Å²) < 4.78 is 6.86. The van der Waals surface area contributed by atoms with Crippen LogP contribution in [0.5, 0.6) is 5.75 Å². The van der Waals surface area contributed by atoms with Gasteiger partial charge in [-0.25, -0.2) is 4.98 Å². The number of hydrogen-bond acceptors (Lipinski definition) is 4. The zero-order valence-electron chi connectivity index (χ0n) is 14.8. The standard InChI is InChI=1S/C21H18N2O4/c1-27-14-4-2-3-12(10-14)9-13-5-6-15-18(13)22-17-7-8-21(20(25)26)11-16(21)23(17)19(15)24/h2-4,7-10,16H,5-6,11H2,1H3,(H,25,26)/b13-9-. The first kappa shape index (κ1) is 16.1. The minimum Gasteiger partial charge on any atom is -0.497 e. The number of hydrogen-bond donors (Lipinski definition) is 1. The zero-order chi connectivity index (χ0) is 18.8. The number of fused-ring (bicyclic) bond motifs is 4. The summed E-state index contributed by atoms with van der Waals surface area (Å²) in [4.78, 5) is 29.4. The molecule has 0 saturated heterocycles. The second-order valence-electron chi connectivity index (χ2n) is 7.32. The topological polar surface area (TPSA) is 81.4 Å². The van der Waals surface area contributed by atoms with E-state index in [0.717, 1.165) is 29.0 Å². The lowest BCUT2D eigenvalue weighted by Gasteiger charge is -2.18. The van der Waals surface area contributed by atoms with Crippen LogP contribution in [0, 0.1) is 5.41 Å². The van der Waals surface area contributed by atoms with E-state index in [1.165, 1.54) is 0 Å².